The minimum Gasteiger partial charge on any atom is -0.378 e. The number of aromatic nitrogens is 1. The van der Waals surface area contributed by atoms with E-state index in [2.05, 4.69) is 15.2 Å². The molecule has 1 aliphatic heterocycles. The van der Waals surface area contributed by atoms with Gasteiger partial charge in [0.1, 0.15) is 5.69 Å². The number of nitrogens with zero attached hydrogens (tertiary/aromatic N) is 3. The summed E-state index contributed by atoms with van der Waals surface area (Å²) in [5.41, 5.74) is 0.548. The number of nitro groups is 1. The van der Waals surface area contributed by atoms with Crippen molar-refractivity contribution in [3.8, 4) is 0 Å². The van der Waals surface area contributed by atoms with Gasteiger partial charge in [-0.05, 0) is 38.1 Å². The highest BCUT2D eigenvalue weighted by Gasteiger charge is 2.24. The maximum Gasteiger partial charge on any atom is 0.329 e. The summed E-state index contributed by atoms with van der Waals surface area (Å²) >= 11 is 18.2. The summed E-state index contributed by atoms with van der Waals surface area (Å²) in [6, 6.07) is 3.14. The fraction of sp³-hybridized carbons (Fsp3) is 0.438. The Labute approximate surface area is 160 Å². The maximum atomic E-state index is 11.5. The Kier molecular flexibility index (Phi) is 5.84. The molecule has 0 radical (unpaired) electrons. The Balaban J connectivity index is 1.93. The van der Waals surface area contributed by atoms with E-state index in [1.54, 1.807) is 12.1 Å². The van der Waals surface area contributed by atoms with Crippen LogP contribution < -0.4 is 5.32 Å². The van der Waals surface area contributed by atoms with Crippen LogP contribution in [0.2, 0.25) is 15.2 Å². The zero-order chi connectivity index (χ0) is 18.0. The topological polar surface area (TPSA) is 71.3 Å². The van der Waals surface area contributed by atoms with Crippen LogP contribution in [0.1, 0.15) is 19.3 Å². The fourth-order valence-corrected chi connectivity index (χ4v) is 3.66. The van der Waals surface area contributed by atoms with Gasteiger partial charge in [-0.2, -0.15) is 0 Å². The second kappa shape index (κ2) is 7.91. The van der Waals surface area contributed by atoms with Crippen molar-refractivity contribution in [2.24, 2.45) is 0 Å². The normalized spacial score (nSPS) is 15.5. The molecular formula is C16H17Cl3N4O2. The number of hydrogen-bond acceptors (Lipinski definition) is 5. The van der Waals surface area contributed by atoms with Crippen molar-refractivity contribution in [3.63, 3.8) is 0 Å². The minimum atomic E-state index is -0.527. The smallest absolute Gasteiger partial charge is 0.329 e. The predicted octanol–water partition coefficient (Wildman–Crippen LogP) is 5.00. The molecule has 1 N–H and O–H groups in total. The van der Waals surface area contributed by atoms with Crippen LogP contribution in [0.4, 0.5) is 11.4 Å². The van der Waals surface area contributed by atoms with E-state index in [9.17, 15) is 10.1 Å². The molecule has 3 rings (SSSR count). The van der Waals surface area contributed by atoms with Crippen LogP contribution in [0.15, 0.2) is 12.1 Å². The lowest BCUT2D eigenvalue weighted by Gasteiger charge is -2.26. The van der Waals surface area contributed by atoms with Gasteiger partial charge >= 0.3 is 5.69 Å². The number of halogens is 3. The molecule has 0 aliphatic carbocycles. The van der Waals surface area contributed by atoms with Crippen molar-refractivity contribution >= 4 is 57.1 Å². The molecule has 0 unspecified atom stereocenters. The first-order chi connectivity index (χ1) is 12.0. The molecule has 1 aliphatic rings. The molecule has 6 nitrogen and oxygen atoms in total. The highest BCUT2D eigenvalue weighted by molar-refractivity contribution is 6.43. The van der Waals surface area contributed by atoms with Gasteiger partial charge in [-0.15, -0.1) is 0 Å². The summed E-state index contributed by atoms with van der Waals surface area (Å²) in [5.74, 6) is 0. The average Bonchev–Trinajstić information content (AvgIpc) is 2.57. The molecule has 0 saturated carbocycles. The van der Waals surface area contributed by atoms with Crippen LogP contribution in [0.3, 0.4) is 0 Å². The Bertz CT molecular complexity index is 810. The second-order valence-electron chi connectivity index (χ2n) is 6.00. The van der Waals surface area contributed by atoms with Gasteiger partial charge in [-0.1, -0.05) is 41.2 Å². The summed E-state index contributed by atoms with van der Waals surface area (Å²) < 4.78 is 0. The van der Waals surface area contributed by atoms with Gasteiger partial charge in [0.15, 0.2) is 0 Å². The number of fused-ring (bicyclic) bond motifs is 1. The highest BCUT2D eigenvalue weighted by atomic mass is 35.5. The Morgan fingerprint density at radius 2 is 1.84 bits per heavy atom. The van der Waals surface area contributed by atoms with E-state index in [4.69, 9.17) is 34.8 Å². The van der Waals surface area contributed by atoms with Crippen LogP contribution in [-0.2, 0) is 0 Å². The van der Waals surface area contributed by atoms with Crippen molar-refractivity contribution in [1.82, 2.24) is 9.88 Å². The first kappa shape index (κ1) is 18.5. The third-order valence-electron chi connectivity index (χ3n) is 4.32. The van der Waals surface area contributed by atoms with Gasteiger partial charge in [0.25, 0.3) is 0 Å². The SMILES string of the molecule is O=[N+]([O-])c1c(Cl)nc2cc(Cl)c(Cl)cc2c1NCCN1CCCCC1. The van der Waals surface area contributed by atoms with Crippen molar-refractivity contribution in [3.05, 3.63) is 37.4 Å². The Hall–Kier alpha value is -1.34. The molecule has 25 heavy (non-hydrogen) atoms. The molecule has 134 valence electrons. The van der Waals surface area contributed by atoms with E-state index in [1.165, 1.54) is 19.3 Å². The van der Waals surface area contributed by atoms with E-state index in [-0.39, 0.29) is 10.8 Å². The summed E-state index contributed by atoms with van der Waals surface area (Å²) in [5, 5.41) is 15.6. The van der Waals surface area contributed by atoms with Gasteiger partial charge in [0.05, 0.1) is 20.5 Å². The van der Waals surface area contributed by atoms with Crippen LogP contribution in [0, 0.1) is 10.1 Å². The summed E-state index contributed by atoms with van der Waals surface area (Å²) in [4.78, 5) is 17.4. The number of hydrogen-bond donors (Lipinski definition) is 1. The third kappa shape index (κ3) is 4.08. The van der Waals surface area contributed by atoms with Gasteiger partial charge < -0.3 is 10.2 Å². The number of anilines is 1. The van der Waals surface area contributed by atoms with Gasteiger partial charge in [-0.25, -0.2) is 4.98 Å². The lowest BCUT2D eigenvalue weighted by molar-refractivity contribution is -0.384. The van der Waals surface area contributed by atoms with Crippen molar-refractivity contribution < 1.29 is 4.92 Å². The third-order valence-corrected chi connectivity index (χ3v) is 5.31. The van der Waals surface area contributed by atoms with E-state index >= 15 is 0 Å². The molecule has 2 heterocycles. The molecule has 1 aromatic carbocycles. The molecular weight excluding hydrogens is 387 g/mol. The summed E-state index contributed by atoms with van der Waals surface area (Å²) in [6.45, 7) is 3.49. The molecule has 1 saturated heterocycles. The van der Waals surface area contributed by atoms with E-state index < -0.39 is 4.92 Å². The number of rotatable bonds is 5. The molecule has 0 bridgehead atoms. The number of piperidine rings is 1. The monoisotopic (exact) mass is 402 g/mol. The van der Waals surface area contributed by atoms with Crippen LogP contribution in [0.25, 0.3) is 10.9 Å². The van der Waals surface area contributed by atoms with Crippen molar-refractivity contribution in [2.45, 2.75) is 19.3 Å². The first-order valence-electron chi connectivity index (χ1n) is 8.06. The van der Waals surface area contributed by atoms with Crippen molar-refractivity contribution in [2.75, 3.05) is 31.5 Å². The van der Waals surface area contributed by atoms with Crippen LogP contribution >= 0.6 is 34.8 Å². The Morgan fingerprint density at radius 1 is 1.16 bits per heavy atom. The largest absolute Gasteiger partial charge is 0.378 e. The molecule has 0 atom stereocenters. The van der Waals surface area contributed by atoms with Crippen LogP contribution in [-0.4, -0.2) is 41.0 Å². The lowest BCUT2D eigenvalue weighted by Crippen LogP contribution is -2.33. The first-order valence-corrected chi connectivity index (χ1v) is 9.19. The fourth-order valence-electron chi connectivity index (χ4n) is 3.09. The van der Waals surface area contributed by atoms with Crippen molar-refractivity contribution in [1.29, 1.82) is 0 Å². The van der Waals surface area contributed by atoms with Gasteiger partial charge in [0.2, 0.25) is 5.15 Å². The molecule has 1 aromatic heterocycles. The molecule has 9 heteroatoms. The predicted molar refractivity (Wildman–Crippen MR) is 102 cm³/mol. The van der Waals surface area contributed by atoms with E-state index in [0.29, 0.717) is 33.2 Å². The summed E-state index contributed by atoms with van der Waals surface area (Å²) in [7, 11) is 0. The number of benzene rings is 1. The average molecular weight is 404 g/mol. The molecule has 0 amide bonds. The molecule has 1 fully saturated rings. The quantitative estimate of drug-likeness (QED) is 0.432. The van der Waals surface area contributed by atoms with Gasteiger partial charge in [0, 0.05) is 18.5 Å². The lowest BCUT2D eigenvalue weighted by atomic mass is 10.1. The minimum absolute atomic E-state index is 0.170. The molecule has 2 aromatic rings. The Morgan fingerprint density at radius 3 is 2.52 bits per heavy atom. The summed E-state index contributed by atoms with van der Waals surface area (Å²) in [6.07, 6.45) is 3.65. The van der Waals surface area contributed by atoms with E-state index in [1.807, 2.05) is 0 Å². The van der Waals surface area contributed by atoms with E-state index in [0.717, 1.165) is 19.6 Å². The maximum absolute atomic E-state index is 11.5. The highest BCUT2D eigenvalue weighted by Crippen LogP contribution is 2.40. The van der Waals surface area contributed by atoms with Crippen LogP contribution in [0.5, 0.6) is 0 Å². The van der Waals surface area contributed by atoms with Gasteiger partial charge in [-0.3, -0.25) is 10.1 Å². The zero-order valence-corrected chi connectivity index (χ0v) is 15.7. The number of likely N-dealkylation sites (tertiary alicyclic amines) is 1. The second-order valence-corrected chi connectivity index (χ2v) is 7.17. The standard InChI is InChI=1S/C16H17Cl3N4O2/c17-11-8-10-13(9-12(11)18)21-16(19)15(23(24)25)14(10)20-4-7-22-5-2-1-3-6-22/h8-9H,1-7H2,(H,20,21). The number of nitrogens with one attached hydrogen (secondary N) is 1. The molecule has 0 spiro atoms. The zero-order valence-electron chi connectivity index (χ0n) is 13.4. The number of pyridine rings is 1.